The second-order valence-electron chi connectivity index (χ2n) is 5.01. The van der Waals surface area contributed by atoms with Gasteiger partial charge in [0.1, 0.15) is 5.75 Å². The van der Waals surface area contributed by atoms with Crippen LogP contribution >= 0.6 is 12.2 Å². The van der Waals surface area contributed by atoms with Crippen molar-refractivity contribution >= 4 is 23.3 Å². The normalized spacial score (nSPS) is 16.9. The third-order valence-electron chi connectivity index (χ3n) is 3.72. The molecule has 2 rings (SSSR count). The molecule has 1 aliphatic heterocycles. The van der Waals surface area contributed by atoms with Gasteiger partial charge in [0.05, 0.1) is 40.1 Å². The summed E-state index contributed by atoms with van der Waals surface area (Å²) >= 11 is 5.22. The van der Waals surface area contributed by atoms with Gasteiger partial charge < -0.3 is 29.6 Å². The zero-order chi connectivity index (χ0) is 17.9. The third kappa shape index (κ3) is 3.23. The summed E-state index contributed by atoms with van der Waals surface area (Å²) < 4.78 is 21.0. The number of allylic oxidation sites excluding steroid dienone is 1. The summed E-state index contributed by atoms with van der Waals surface area (Å²) in [6.45, 7) is 1.76. The Bertz CT molecular complexity index is 702. The van der Waals surface area contributed by atoms with Crippen LogP contribution < -0.4 is 24.8 Å². The van der Waals surface area contributed by atoms with Crippen LogP contribution in [0.5, 0.6) is 17.2 Å². The van der Waals surface area contributed by atoms with Crippen LogP contribution in [0.1, 0.15) is 18.5 Å². The molecule has 0 saturated carbocycles. The van der Waals surface area contributed by atoms with E-state index in [1.807, 2.05) is 0 Å². The first kappa shape index (κ1) is 17.9. The molecule has 0 radical (unpaired) electrons. The van der Waals surface area contributed by atoms with Crippen LogP contribution in [0, 0.1) is 0 Å². The molecule has 1 heterocycles. The van der Waals surface area contributed by atoms with Gasteiger partial charge in [-0.3, -0.25) is 0 Å². The van der Waals surface area contributed by atoms with Crippen LogP contribution in [0.25, 0.3) is 0 Å². The van der Waals surface area contributed by atoms with Crippen LogP contribution in [-0.2, 0) is 9.53 Å². The molecule has 1 atom stereocenters. The Morgan fingerprint density at radius 2 is 1.62 bits per heavy atom. The Labute approximate surface area is 145 Å². The van der Waals surface area contributed by atoms with Crippen molar-refractivity contribution in [3.63, 3.8) is 0 Å². The molecule has 1 aromatic rings. The molecular weight excluding hydrogens is 332 g/mol. The maximum Gasteiger partial charge on any atom is 0.337 e. The summed E-state index contributed by atoms with van der Waals surface area (Å²) in [5.74, 6) is 1.11. The van der Waals surface area contributed by atoms with Crippen molar-refractivity contribution in [2.24, 2.45) is 0 Å². The number of hydrogen-bond acceptors (Lipinski definition) is 6. The topological polar surface area (TPSA) is 78.1 Å². The highest BCUT2D eigenvalue weighted by atomic mass is 32.1. The number of carbonyl (C=O) groups excluding carboxylic acids is 1. The van der Waals surface area contributed by atoms with Gasteiger partial charge >= 0.3 is 5.97 Å². The minimum absolute atomic E-state index is 0.405. The fourth-order valence-electron chi connectivity index (χ4n) is 2.59. The van der Waals surface area contributed by atoms with Crippen molar-refractivity contribution in [3.05, 3.63) is 29.0 Å². The van der Waals surface area contributed by atoms with E-state index < -0.39 is 12.0 Å². The Kier molecular flexibility index (Phi) is 5.50. The van der Waals surface area contributed by atoms with Gasteiger partial charge in [0, 0.05) is 17.3 Å². The largest absolute Gasteiger partial charge is 0.496 e. The lowest BCUT2D eigenvalue weighted by Gasteiger charge is -2.30. The summed E-state index contributed by atoms with van der Waals surface area (Å²) in [6.07, 6.45) is 0. The van der Waals surface area contributed by atoms with Crippen LogP contribution in [0.15, 0.2) is 23.4 Å². The minimum Gasteiger partial charge on any atom is -0.496 e. The molecule has 2 N–H and O–H groups in total. The van der Waals surface area contributed by atoms with E-state index in [-0.39, 0.29) is 0 Å². The standard InChI is InChI=1S/C16H20N2O5S/c1-8-13(15(19)23-5)14(18-16(24)17-8)9-6-11(21-3)12(22-4)7-10(9)20-2/h6-7,14H,1-5H3,(H2,17,18,24). The SMILES string of the molecule is COC(=O)C1=C(C)NC(=S)NC1c1cc(OC)c(OC)cc1OC. The van der Waals surface area contributed by atoms with Gasteiger partial charge in [-0.1, -0.05) is 0 Å². The van der Waals surface area contributed by atoms with Crippen molar-refractivity contribution in [1.82, 2.24) is 10.6 Å². The lowest BCUT2D eigenvalue weighted by molar-refractivity contribution is -0.136. The number of carbonyl (C=O) groups is 1. The highest BCUT2D eigenvalue weighted by Crippen LogP contribution is 2.40. The minimum atomic E-state index is -0.541. The number of esters is 1. The quantitative estimate of drug-likeness (QED) is 0.612. The Hall–Kier alpha value is -2.48. The zero-order valence-electron chi connectivity index (χ0n) is 14.2. The molecule has 0 bridgehead atoms. The van der Waals surface area contributed by atoms with Gasteiger partial charge in [0.15, 0.2) is 16.6 Å². The van der Waals surface area contributed by atoms with E-state index in [9.17, 15) is 4.79 Å². The lowest BCUT2D eigenvalue weighted by atomic mass is 9.94. The van der Waals surface area contributed by atoms with E-state index in [1.165, 1.54) is 14.2 Å². The summed E-state index contributed by atoms with van der Waals surface area (Å²) in [5.41, 5.74) is 1.71. The average Bonchev–Trinajstić information content (AvgIpc) is 2.59. The van der Waals surface area contributed by atoms with E-state index in [0.717, 1.165) is 0 Å². The van der Waals surface area contributed by atoms with Crippen molar-refractivity contribution in [2.75, 3.05) is 28.4 Å². The number of thiocarbonyl (C=S) groups is 1. The van der Waals surface area contributed by atoms with E-state index >= 15 is 0 Å². The van der Waals surface area contributed by atoms with Gasteiger partial charge in [0.25, 0.3) is 0 Å². The predicted molar refractivity (Wildman–Crippen MR) is 92.4 cm³/mol. The highest BCUT2D eigenvalue weighted by molar-refractivity contribution is 7.80. The average molecular weight is 352 g/mol. The molecule has 0 aliphatic carbocycles. The molecule has 1 unspecified atom stereocenters. The molecule has 1 aliphatic rings. The first-order chi connectivity index (χ1) is 11.5. The third-order valence-corrected chi connectivity index (χ3v) is 3.94. The molecule has 0 aromatic heterocycles. The highest BCUT2D eigenvalue weighted by Gasteiger charge is 2.33. The molecule has 0 spiro atoms. The lowest BCUT2D eigenvalue weighted by Crippen LogP contribution is -2.45. The molecule has 1 aromatic carbocycles. The second-order valence-corrected chi connectivity index (χ2v) is 5.42. The van der Waals surface area contributed by atoms with Gasteiger partial charge in [-0.2, -0.15) is 0 Å². The number of ether oxygens (including phenoxy) is 4. The van der Waals surface area contributed by atoms with Crippen molar-refractivity contribution in [3.8, 4) is 17.2 Å². The molecule has 0 saturated heterocycles. The Morgan fingerprint density at radius 1 is 1.04 bits per heavy atom. The van der Waals surface area contributed by atoms with Crippen LogP contribution in [-0.4, -0.2) is 39.5 Å². The molecule has 0 amide bonds. The maximum atomic E-state index is 12.2. The number of benzene rings is 1. The second kappa shape index (κ2) is 7.39. The van der Waals surface area contributed by atoms with Gasteiger partial charge in [-0.15, -0.1) is 0 Å². The summed E-state index contributed by atoms with van der Waals surface area (Å²) in [4.78, 5) is 12.2. The monoisotopic (exact) mass is 352 g/mol. The van der Waals surface area contributed by atoms with Gasteiger partial charge in [-0.25, -0.2) is 4.79 Å². The Balaban J connectivity index is 2.65. The van der Waals surface area contributed by atoms with E-state index in [4.69, 9.17) is 31.2 Å². The molecule has 0 fully saturated rings. The number of hydrogen-bond donors (Lipinski definition) is 2. The first-order valence-electron chi connectivity index (χ1n) is 7.13. The van der Waals surface area contributed by atoms with E-state index in [1.54, 1.807) is 33.3 Å². The van der Waals surface area contributed by atoms with Crippen molar-refractivity contribution in [1.29, 1.82) is 0 Å². The summed E-state index contributed by atoms with van der Waals surface area (Å²) in [7, 11) is 5.95. The predicted octanol–water partition coefficient (Wildman–Crippen LogP) is 1.68. The van der Waals surface area contributed by atoms with E-state index in [2.05, 4.69) is 10.6 Å². The van der Waals surface area contributed by atoms with E-state index in [0.29, 0.717) is 39.2 Å². The first-order valence-corrected chi connectivity index (χ1v) is 7.54. The smallest absolute Gasteiger partial charge is 0.337 e. The van der Waals surface area contributed by atoms with Crippen LogP contribution in [0.3, 0.4) is 0 Å². The summed E-state index contributed by atoms with van der Waals surface area (Å²) in [6, 6.07) is 2.91. The molecular formula is C16H20N2O5S. The fraction of sp³-hybridized carbons (Fsp3) is 0.375. The number of rotatable bonds is 5. The maximum absolute atomic E-state index is 12.2. The molecule has 130 valence electrons. The van der Waals surface area contributed by atoms with Crippen molar-refractivity contribution < 1.29 is 23.7 Å². The molecule has 8 heteroatoms. The number of nitrogens with one attached hydrogen (secondary N) is 2. The summed E-state index contributed by atoms with van der Waals surface area (Å²) in [5, 5.41) is 6.42. The van der Waals surface area contributed by atoms with Crippen molar-refractivity contribution in [2.45, 2.75) is 13.0 Å². The van der Waals surface area contributed by atoms with Crippen LogP contribution in [0.4, 0.5) is 0 Å². The van der Waals surface area contributed by atoms with Gasteiger partial charge in [-0.05, 0) is 25.2 Å². The van der Waals surface area contributed by atoms with Crippen LogP contribution in [0.2, 0.25) is 0 Å². The molecule has 7 nitrogen and oxygen atoms in total. The van der Waals surface area contributed by atoms with Gasteiger partial charge in [0.2, 0.25) is 0 Å². The zero-order valence-corrected chi connectivity index (χ0v) is 15.0. The number of methoxy groups -OCH3 is 4. The fourth-order valence-corrected chi connectivity index (χ4v) is 2.86. The Morgan fingerprint density at radius 3 is 2.17 bits per heavy atom. The molecule has 24 heavy (non-hydrogen) atoms.